The summed E-state index contributed by atoms with van der Waals surface area (Å²) in [6.07, 6.45) is 3.90. The Kier molecular flexibility index (Phi) is 4.09. The van der Waals surface area contributed by atoms with Gasteiger partial charge < -0.3 is 20.3 Å². The average Bonchev–Trinajstić information content (AvgIpc) is 2.40. The van der Waals surface area contributed by atoms with Gasteiger partial charge in [-0.1, -0.05) is 0 Å². The van der Waals surface area contributed by atoms with Crippen LogP contribution in [-0.2, 0) is 0 Å². The maximum atomic E-state index is 10.5. The SMILES string of the molecule is CNCC1CCN(c2ccc([N+](=O)[O-])nc2)CC1. The van der Waals surface area contributed by atoms with E-state index in [1.807, 2.05) is 7.05 Å². The zero-order valence-corrected chi connectivity index (χ0v) is 10.5. The van der Waals surface area contributed by atoms with Gasteiger partial charge in [-0.25, -0.2) is 0 Å². The molecule has 0 spiro atoms. The van der Waals surface area contributed by atoms with Crippen LogP contribution >= 0.6 is 0 Å². The van der Waals surface area contributed by atoms with Crippen LogP contribution in [0.25, 0.3) is 0 Å². The minimum absolute atomic E-state index is 0.0937. The van der Waals surface area contributed by atoms with Crippen LogP contribution < -0.4 is 10.2 Å². The molecule has 1 aromatic heterocycles. The van der Waals surface area contributed by atoms with Crippen molar-refractivity contribution in [3.05, 3.63) is 28.4 Å². The standard InChI is InChI=1S/C12H18N4O2/c1-13-8-10-4-6-15(7-5-10)11-2-3-12(14-9-11)16(17)18/h2-3,9-10,13H,4-8H2,1H3. The van der Waals surface area contributed by atoms with Gasteiger partial charge in [0, 0.05) is 19.2 Å². The zero-order chi connectivity index (χ0) is 13.0. The fourth-order valence-electron chi connectivity index (χ4n) is 2.36. The number of nitro groups is 1. The van der Waals surface area contributed by atoms with Crippen molar-refractivity contribution >= 4 is 11.5 Å². The Morgan fingerprint density at radius 2 is 2.22 bits per heavy atom. The Morgan fingerprint density at radius 1 is 1.50 bits per heavy atom. The molecule has 98 valence electrons. The van der Waals surface area contributed by atoms with E-state index < -0.39 is 4.92 Å². The molecular formula is C12H18N4O2. The van der Waals surface area contributed by atoms with Gasteiger partial charge in [0.25, 0.3) is 0 Å². The van der Waals surface area contributed by atoms with Crippen molar-refractivity contribution in [3.63, 3.8) is 0 Å². The van der Waals surface area contributed by atoms with Gasteiger partial charge in [-0.3, -0.25) is 0 Å². The Hall–Kier alpha value is -1.69. The molecule has 0 saturated carbocycles. The van der Waals surface area contributed by atoms with E-state index in [9.17, 15) is 10.1 Å². The van der Waals surface area contributed by atoms with Gasteiger partial charge in [-0.15, -0.1) is 0 Å². The molecule has 0 atom stereocenters. The molecule has 0 amide bonds. The minimum atomic E-state index is -0.469. The highest BCUT2D eigenvalue weighted by Crippen LogP contribution is 2.23. The molecule has 0 bridgehead atoms. The summed E-state index contributed by atoms with van der Waals surface area (Å²) in [4.78, 5) is 16.2. The number of rotatable bonds is 4. The van der Waals surface area contributed by atoms with Crippen LogP contribution in [0.5, 0.6) is 0 Å². The van der Waals surface area contributed by atoms with Gasteiger partial charge in [0.1, 0.15) is 0 Å². The first-order valence-corrected chi connectivity index (χ1v) is 6.20. The molecule has 1 N–H and O–H groups in total. The normalized spacial score (nSPS) is 16.8. The maximum Gasteiger partial charge on any atom is 0.363 e. The van der Waals surface area contributed by atoms with Gasteiger partial charge >= 0.3 is 5.82 Å². The van der Waals surface area contributed by atoms with Crippen molar-refractivity contribution in [2.24, 2.45) is 5.92 Å². The van der Waals surface area contributed by atoms with Crippen molar-refractivity contribution in [1.29, 1.82) is 0 Å². The van der Waals surface area contributed by atoms with E-state index in [4.69, 9.17) is 0 Å². The van der Waals surface area contributed by atoms with Crippen molar-refractivity contribution < 1.29 is 4.92 Å². The molecule has 1 aliphatic heterocycles. The molecular weight excluding hydrogens is 232 g/mol. The summed E-state index contributed by atoms with van der Waals surface area (Å²) in [6, 6.07) is 3.25. The second-order valence-corrected chi connectivity index (χ2v) is 4.62. The Balaban J connectivity index is 1.95. The quantitative estimate of drug-likeness (QED) is 0.646. The molecule has 0 unspecified atom stereocenters. The Labute approximate surface area is 106 Å². The molecule has 1 aromatic rings. The van der Waals surface area contributed by atoms with E-state index in [2.05, 4.69) is 15.2 Å². The molecule has 1 aliphatic rings. The first-order chi connectivity index (χ1) is 8.70. The number of anilines is 1. The van der Waals surface area contributed by atoms with E-state index in [-0.39, 0.29) is 5.82 Å². The molecule has 2 rings (SSSR count). The number of hydrogen-bond donors (Lipinski definition) is 1. The van der Waals surface area contributed by atoms with Gasteiger partial charge in [0.15, 0.2) is 6.20 Å². The predicted molar refractivity (Wildman–Crippen MR) is 69.8 cm³/mol. The number of pyridine rings is 1. The van der Waals surface area contributed by atoms with Crippen LogP contribution in [0, 0.1) is 16.0 Å². The number of piperidine rings is 1. The van der Waals surface area contributed by atoms with E-state index in [1.54, 1.807) is 12.3 Å². The molecule has 0 aromatic carbocycles. The van der Waals surface area contributed by atoms with Crippen molar-refractivity contribution in [2.75, 3.05) is 31.6 Å². The van der Waals surface area contributed by atoms with Crippen LogP contribution in [0.4, 0.5) is 11.5 Å². The summed E-state index contributed by atoms with van der Waals surface area (Å²) >= 11 is 0. The highest BCUT2D eigenvalue weighted by Gasteiger charge is 2.20. The van der Waals surface area contributed by atoms with Gasteiger partial charge in [0.05, 0.1) is 5.69 Å². The van der Waals surface area contributed by atoms with E-state index >= 15 is 0 Å². The number of nitrogens with one attached hydrogen (secondary N) is 1. The first kappa shape index (κ1) is 12.8. The first-order valence-electron chi connectivity index (χ1n) is 6.20. The lowest BCUT2D eigenvalue weighted by atomic mass is 9.96. The van der Waals surface area contributed by atoms with Gasteiger partial charge in [-0.05, 0) is 48.3 Å². The van der Waals surface area contributed by atoms with E-state index in [0.717, 1.165) is 44.1 Å². The molecule has 2 heterocycles. The van der Waals surface area contributed by atoms with E-state index in [1.165, 1.54) is 6.07 Å². The molecule has 1 saturated heterocycles. The highest BCUT2D eigenvalue weighted by molar-refractivity contribution is 5.46. The fourth-order valence-corrected chi connectivity index (χ4v) is 2.36. The smallest absolute Gasteiger partial charge is 0.363 e. The number of aromatic nitrogens is 1. The van der Waals surface area contributed by atoms with Gasteiger partial charge in [-0.2, -0.15) is 0 Å². The third kappa shape index (κ3) is 2.95. The molecule has 6 nitrogen and oxygen atoms in total. The molecule has 18 heavy (non-hydrogen) atoms. The summed E-state index contributed by atoms with van der Waals surface area (Å²) in [5.74, 6) is 0.640. The van der Waals surface area contributed by atoms with Crippen molar-refractivity contribution in [1.82, 2.24) is 10.3 Å². The summed E-state index contributed by atoms with van der Waals surface area (Å²) in [7, 11) is 1.98. The van der Waals surface area contributed by atoms with Crippen LogP contribution in [0.3, 0.4) is 0 Å². The Morgan fingerprint density at radius 3 is 2.72 bits per heavy atom. The molecule has 1 fully saturated rings. The third-order valence-corrected chi connectivity index (χ3v) is 3.39. The average molecular weight is 250 g/mol. The minimum Gasteiger partial charge on any atom is -0.368 e. The largest absolute Gasteiger partial charge is 0.368 e. The van der Waals surface area contributed by atoms with Crippen molar-refractivity contribution in [3.8, 4) is 0 Å². The second-order valence-electron chi connectivity index (χ2n) is 4.62. The summed E-state index contributed by atoms with van der Waals surface area (Å²) in [5, 5.41) is 13.7. The summed E-state index contributed by atoms with van der Waals surface area (Å²) < 4.78 is 0. The topological polar surface area (TPSA) is 71.3 Å². The fraction of sp³-hybridized carbons (Fsp3) is 0.583. The molecule has 0 aliphatic carbocycles. The summed E-state index contributed by atoms with van der Waals surface area (Å²) in [6.45, 7) is 3.05. The van der Waals surface area contributed by atoms with Crippen LogP contribution in [0.15, 0.2) is 18.3 Å². The molecule has 0 radical (unpaired) electrons. The Bertz CT molecular complexity index is 399. The number of hydrogen-bond acceptors (Lipinski definition) is 5. The maximum absolute atomic E-state index is 10.5. The number of nitrogens with zero attached hydrogens (tertiary/aromatic N) is 3. The lowest BCUT2D eigenvalue weighted by Gasteiger charge is -2.32. The third-order valence-electron chi connectivity index (χ3n) is 3.39. The van der Waals surface area contributed by atoms with Crippen LogP contribution in [0.1, 0.15) is 12.8 Å². The monoisotopic (exact) mass is 250 g/mol. The lowest BCUT2D eigenvalue weighted by molar-refractivity contribution is -0.389. The van der Waals surface area contributed by atoms with Crippen molar-refractivity contribution in [2.45, 2.75) is 12.8 Å². The van der Waals surface area contributed by atoms with E-state index in [0.29, 0.717) is 0 Å². The summed E-state index contributed by atoms with van der Waals surface area (Å²) in [5.41, 5.74) is 0.975. The predicted octanol–water partition coefficient (Wildman–Crippen LogP) is 1.43. The van der Waals surface area contributed by atoms with Crippen LogP contribution in [-0.4, -0.2) is 36.6 Å². The van der Waals surface area contributed by atoms with Gasteiger partial charge in [0.2, 0.25) is 0 Å². The lowest BCUT2D eigenvalue weighted by Crippen LogP contribution is -2.36. The van der Waals surface area contributed by atoms with Crippen LogP contribution in [0.2, 0.25) is 0 Å². The zero-order valence-electron chi connectivity index (χ0n) is 10.5. The second kappa shape index (κ2) is 5.77. The molecule has 6 heteroatoms. The highest BCUT2D eigenvalue weighted by atomic mass is 16.6.